The molecule has 0 fully saturated rings. The third kappa shape index (κ3) is 5.59. The third-order valence-electron chi connectivity index (χ3n) is 4.31. The number of carbonyl (C=O) groups is 2. The smallest absolute Gasteiger partial charge is 0.264 e. The zero-order valence-electron chi connectivity index (χ0n) is 16.9. The van der Waals surface area contributed by atoms with E-state index in [4.69, 9.17) is 23.2 Å². The van der Waals surface area contributed by atoms with Crippen molar-refractivity contribution in [1.29, 1.82) is 0 Å². The Morgan fingerprint density at radius 1 is 0.844 bits per heavy atom. The molecule has 0 saturated carbocycles. The number of nitrogens with zero attached hydrogens (tertiary/aromatic N) is 1. The molecule has 0 aromatic heterocycles. The molecular weight excluding hydrogens is 473 g/mol. The molecule has 0 bridgehead atoms. The lowest BCUT2D eigenvalue weighted by Crippen LogP contribution is -2.38. The van der Waals surface area contributed by atoms with Crippen molar-refractivity contribution >= 4 is 62.1 Å². The van der Waals surface area contributed by atoms with Crippen LogP contribution in [0.5, 0.6) is 0 Å². The molecule has 32 heavy (non-hydrogen) atoms. The van der Waals surface area contributed by atoms with Crippen molar-refractivity contribution in [2.24, 2.45) is 0 Å². The summed E-state index contributed by atoms with van der Waals surface area (Å²) in [7, 11) is -4.12. The Bertz CT molecular complexity index is 1230. The monoisotopic (exact) mass is 491 g/mol. The molecule has 0 aliphatic rings. The molecule has 0 unspecified atom stereocenters. The molecule has 10 heteroatoms. The van der Waals surface area contributed by atoms with Crippen molar-refractivity contribution in [1.82, 2.24) is 0 Å². The van der Waals surface area contributed by atoms with Crippen molar-refractivity contribution in [3.05, 3.63) is 82.8 Å². The highest BCUT2D eigenvalue weighted by Crippen LogP contribution is 2.35. The van der Waals surface area contributed by atoms with Crippen molar-refractivity contribution in [3.63, 3.8) is 0 Å². The van der Waals surface area contributed by atoms with Crippen LogP contribution < -0.4 is 14.9 Å². The predicted molar refractivity (Wildman–Crippen MR) is 127 cm³/mol. The van der Waals surface area contributed by atoms with E-state index < -0.39 is 22.5 Å². The molecule has 2 amide bonds. The maximum Gasteiger partial charge on any atom is 0.264 e. The number of halogens is 2. The first-order valence-electron chi connectivity index (χ1n) is 9.38. The van der Waals surface area contributed by atoms with Crippen molar-refractivity contribution in [3.8, 4) is 0 Å². The average molecular weight is 492 g/mol. The molecular formula is C22H19Cl2N3O4S. The summed E-state index contributed by atoms with van der Waals surface area (Å²) in [5.41, 5.74) is 1.08. The summed E-state index contributed by atoms with van der Waals surface area (Å²) in [4.78, 5) is 23.9. The Labute approximate surface area is 196 Å². The number of amides is 2. The number of rotatable bonds is 7. The predicted octanol–water partition coefficient (Wildman–Crippen LogP) is 4.79. The van der Waals surface area contributed by atoms with Crippen LogP contribution in [0.2, 0.25) is 10.0 Å². The van der Waals surface area contributed by atoms with Crippen LogP contribution in [0, 0.1) is 0 Å². The first-order chi connectivity index (χ1) is 15.2. The second-order valence-electron chi connectivity index (χ2n) is 6.70. The maximum atomic E-state index is 13.3. The largest absolute Gasteiger partial charge is 0.326 e. The molecule has 3 rings (SSSR count). The van der Waals surface area contributed by atoms with Crippen LogP contribution in [0.3, 0.4) is 0 Å². The average Bonchev–Trinajstić information content (AvgIpc) is 2.76. The highest BCUT2D eigenvalue weighted by Gasteiger charge is 2.29. The summed E-state index contributed by atoms with van der Waals surface area (Å²) in [5, 5.41) is 5.44. The lowest BCUT2D eigenvalue weighted by molar-refractivity contribution is -0.115. The summed E-state index contributed by atoms with van der Waals surface area (Å²) in [6.07, 6.45) is 0. The van der Waals surface area contributed by atoms with Gasteiger partial charge in [0.2, 0.25) is 11.8 Å². The highest BCUT2D eigenvalue weighted by atomic mass is 35.5. The number of anilines is 3. The summed E-state index contributed by atoms with van der Waals surface area (Å²) in [5.74, 6) is -0.810. The second kappa shape index (κ2) is 10.0. The van der Waals surface area contributed by atoms with E-state index in [1.165, 1.54) is 31.2 Å². The van der Waals surface area contributed by atoms with E-state index in [0.29, 0.717) is 11.4 Å². The molecule has 3 aromatic carbocycles. The third-order valence-corrected chi connectivity index (χ3v) is 6.89. The van der Waals surface area contributed by atoms with Gasteiger partial charge in [0.1, 0.15) is 6.54 Å². The molecule has 0 saturated heterocycles. The zero-order chi connectivity index (χ0) is 23.3. The number of benzene rings is 3. The topological polar surface area (TPSA) is 95.6 Å². The van der Waals surface area contributed by atoms with E-state index in [9.17, 15) is 18.0 Å². The minimum absolute atomic E-state index is 0.00324. The van der Waals surface area contributed by atoms with Crippen LogP contribution in [-0.4, -0.2) is 26.8 Å². The van der Waals surface area contributed by atoms with Gasteiger partial charge in [-0.2, -0.15) is 0 Å². The minimum Gasteiger partial charge on any atom is -0.326 e. The van der Waals surface area contributed by atoms with E-state index >= 15 is 0 Å². The summed E-state index contributed by atoms with van der Waals surface area (Å²) in [6, 6.07) is 18.7. The standard InChI is InChI=1S/C22H19Cl2N3O4S/c1-15(28)25-16-10-12-17(13-11-16)26-21(29)14-27(20-9-5-8-19(23)22(20)24)32(30,31)18-6-3-2-4-7-18/h2-13H,14H2,1H3,(H,25,28)(H,26,29). The van der Waals surface area contributed by atoms with Gasteiger partial charge in [0.15, 0.2) is 0 Å². The molecule has 2 N–H and O–H groups in total. The lowest BCUT2D eigenvalue weighted by atomic mass is 10.2. The fourth-order valence-electron chi connectivity index (χ4n) is 2.88. The SMILES string of the molecule is CC(=O)Nc1ccc(NC(=O)CN(c2cccc(Cl)c2Cl)S(=O)(=O)c2ccccc2)cc1. The van der Waals surface area contributed by atoms with E-state index in [2.05, 4.69) is 10.6 Å². The Morgan fingerprint density at radius 2 is 1.44 bits per heavy atom. The first kappa shape index (κ1) is 23.6. The van der Waals surface area contributed by atoms with Crippen LogP contribution in [0.4, 0.5) is 17.1 Å². The highest BCUT2D eigenvalue weighted by molar-refractivity contribution is 7.92. The maximum absolute atomic E-state index is 13.3. The molecule has 3 aromatic rings. The van der Waals surface area contributed by atoms with Crippen LogP contribution >= 0.6 is 23.2 Å². The number of carbonyl (C=O) groups excluding carboxylic acids is 2. The van der Waals surface area contributed by atoms with Crippen LogP contribution in [0.1, 0.15) is 6.92 Å². The number of sulfonamides is 1. The fraction of sp³-hybridized carbons (Fsp3) is 0.0909. The van der Waals surface area contributed by atoms with Gasteiger partial charge in [-0.05, 0) is 48.5 Å². The van der Waals surface area contributed by atoms with Crippen molar-refractivity contribution in [2.75, 3.05) is 21.5 Å². The lowest BCUT2D eigenvalue weighted by Gasteiger charge is -2.25. The fourth-order valence-corrected chi connectivity index (χ4v) is 4.78. The van der Waals surface area contributed by atoms with Crippen LogP contribution in [0.15, 0.2) is 77.7 Å². The second-order valence-corrected chi connectivity index (χ2v) is 9.35. The van der Waals surface area contributed by atoms with E-state index in [1.54, 1.807) is 48.5 Å². The van der Waals surface area contributed by atoms with Gasteiger partial charge in [0, 0.05) is 18.3 Å². The Kier molecular flexibility index (Phi) is 7.40. The van der Waals surface area contributed by atoms with Gasteiger partial charge >= 0.3 is 0 Å². The zero-order valence-corrected chi connectivity index (χ0v) is 19.2. The molecule has 0 heterocycles. The number of hydrogen-bond acceptors (Lipinski definition) is 4. The number of nitrogens with one attached hydrogen (secondary N) is 2. The molecule has 0 radical (unpaired) electrons. The van der Waals surface area contributed by atoms with Gasteiger partial charge in [0.05, 0.1) is 20.6 Å². The Hall–Kier alpha value is -3.07. The van der Waals surface area contributed by atoms with E-state index in [1.807, 2.05) is 0 Å². The summed E-state index contributed by atoms with van der Waals surface area (Å²) >= 11 is 12.4. The minimum atomic E-state index is -4.12. The number of hydrogen-bond donors (Lipinski definition) is 2. The molecule has 0 aliphatic heterocycles. The summed E-state index contributed by atoms with van der Waals surface area (Å²) < 4.78 is 27.6. The molecule has 0 spiro atoms. The van der Waals surface area contributed by atoms with E-state index in [-0.39, 0.29) is 26.5 Å². The van der Waals surface area contributed by atoms with Crippen molar-refractivity contribution < 1.29 is 18.0 Å². The van der Waals surface area contributed by atoms with Crippen LogP contribution in [0.25, 0.3) is 0 Å². The summed E-state index contributed by atoms with van der Waals surface area (Å²) in [6.45, 7) is 0.850. The van der Waals surface area contributed by atoms with Gasteiger partial charge in [-0.1, -0.05) is 47.5 Å². The molecule has 7 nitrogen and oxygen atoms in total. The van der Waals surface area contributed by atoms with Gasteiger partial charge in [-0.15, -0.1) is 0 Å². The first-order valence-corrected chi connectivity index (χ1v) is 11.6. The molecule has 0 atom stereocenters. The molecule has 0 aliphatic carbocycles. The van der Waals surface area contributed by atoms with Gasteiger partial charge in [-0.3, -0.25) is 13.9 Å². The Morgan fingerprint density at radius 3 is 2.03 bits per heavy atom. The van der Waals surface area contributed by atoms with Crippen molar-refractivity contribution in [2.45, 2.75) is 11.8 Å². The van der Waals surface area contributed by atoms with Gasteiger partial charge in [0.25, 0.3) is 10.0 Å². The van der Waals surface area contributed by atoms with E-state index in [0.717, 1.165) is 4.31 Å². The van der Waals surface area contributed by atoms with Crippen LogP contribution in [-0.2, 0) is 19.6 Å². The Balaban J connectivity index is 1.90. The molecule has 166 valence electrons. The quantitative estimate of drug-likeness (QED) is 0.496. The van der Waals surface area contributed by atoms with Gasteiger partial charge in [-0.25, -0.2) is 8.42 Å². The van der Waals surface area contributed by atoms with Gasteiger partial charge < -0.3 is 10.6 Å². The normalized spacial score (nSPS) is 11.0.